The van der Waals surface area contributed by atoms with Gasteiger partial charge in [0.1, 0.15) is 0 Å². The fourth-order valence-electron chi connectivity index (χ4n) is 2.99. The van der Waals surface area contributed by atoms with Crippen LogP contribution >= 0.6 is 12.2 Å². The fraction of sp³-hybridized carbons (Fsp3) is 0.412. The van der Waals surface area contributed by atoms with Crippen molar-refractivity contribution >= 4 is 34.2 Å². The van der Waals surface area contributed by atoms with Crippen LogP contribution in [-0.4, -0.2) is 14.5 Å². The van der Waals surface area contributed by atoms with Gasteiger partial charge >= 0.3 is 0 Å². The van der Waals surface area contributed by atoms with E-state index in [2.05, 4.69) is 46.6 Å². The fourth-order valence-corrected chi connectivity index (χ4v) is 3.38. The Labute approximate surface area is 130 Å². The molecule has 3 rings (SSSR count). The van der Waals surface area contributed by atoms with Crippen molar-refractivity contribution in [1.82, 2.24) is 14.5 Å². The second-order valence-corrected chi connectivity index (χ2v) is 6.07. The average molecular weight is 299 g/mol. The van der Waals surface area contributed by atoms with Crippen LogP contribution in [0.4, 0.5) is 0 Å². The van der Waals surface area contributed by atoms with E-state index in [1.54, 1.807) is 0 Å². The molecule has 21 heavy (non-hydrogen) atoms. The van der Waals surface area contributed by atoms with Crippen molar-refractivity contribution < 1.29 is 0 Å². The van der Waals surface area contributed by atoms with Crippen molar-refractivity contribution in [3.05, 3.63) is 35.2 Å². The maximum absolute atomic E-state index is 5.55. The number of para-hydroxylation sites is 1. The number of aromatic amines is 1. The third-order valence-electron chi connectivity index (χ3n) is 4.11. The average Bonchev–Trinajstić information content (AvgIpc) is 2.84. The molecule has 0 saturated heterocycles. The molecule has 1 unspecified atom stereocenters. The van der Waals surface area contributed by atoms with Crippen molar-refractivity contribution in [2.75, 3.05) is 0 Å². The predicted molar refractivity (Wildman–Crippen MR) is 91.3 cm³/mol. The van der Waals surface area contributed by atoms with Gasteiger partial charge in [0, 0.05) is 11.4 Å². The summed E-state index contributed by atoms with van der Waals surface area (Å²) < 4.78 is 3.07. The van der Waals surface area contributed by atoms with E-state index in [0.29, 0.717) is 6.04 Å². The van der Waals surface area contributed by atoms with Gasteiger partial charge in [-0.2, -0.15) is 0 Å². The van der Waals surface area contributed by atoms with E-state index >= 15 is 0 Å². The summed E-state index contributed by atoms with van der Waals surface area (Å²) in [4.78, 5) is 7.81. The highest BCUT2D eigenvalue weighted by molar-refractivity contribution is 7.71. The van der Waals surface area contributed by atoms with E-state index in [1.807, 2.05) is 12.3 Å². The largest absolute Gasteiger partial charge is 0.329 e. The summed E-state index contributed by atoms with van der Waals surface area (Å²) in [5, 5.41) is 1.17. The van der Waals surface area contributed by atoms with Crippen LogP contribution in [0.25, 0.3) is 21.9 Å². The van der Waals surface area contributed by atoms with E-state index in [0.717, 1.165) is 22.2 Å². The number of hydrogen-bond donors (Lipinski definition) is 1. The van der Waals surface area contributed by atoms with Crippen molar-refractivity contribution in [3.8, 4) is 0 Å². The smallest absolute Gasteiger partial charge is 0.178 e. The third-order valence-corrected chi connectivity index (χ3v) is 4.41. The second-order valence-electron chi connectivity index (χ2n) is 5.68. The summed E-state index contributed by atoms with van der Waals surface area (Å²) in [6, 6.07) is 8.67. The number of benzene rings is 1. The summed E-state index contributed by atoms with van der Waals surface area (Å²) in [6.07, 6.45) is 6.82. The number of aromatic nitrogens is 3. The normalized spacial score (nSPS) is 13.0. The van der Waals surface area contributed by atoms with Gasteiger partial charge in [-0.25, -0.2) is 0 Å². The first-order valence-corrected chi connectivity index (χ1v) is 8.11. The summed E-state index contributed by atoms with van der Waals surface area (Å²) in [7, 11) is 0. The van der Waals surface area contributed by atoms with Gasteiger partial charge in [-0.3, -0.25) is 4.98 Å². The van der Waals surface area contributed by atoms with Crippen LogP contribution in [0.5, 0.6) is 0 Å². The van der Waals surface area contributed by atoms with Gasteiger partial charge < -0.3 is 9.55 Å². The number of imidazole rings is 1. The van der Waals surface area contributed by atoms with Crippen LogP contribution in [0.2, 0.25) is 0 Å². The van der Waals surface area contributed by atoms with Gasteiger partial charge in [0.05, 0.1) is 22.7 Å². The second kappa shape index (κ2) is 5.98. The minimum absolute atomic E-state index is 0.406. The quantitative estimate of drug-likeness (QED) is 0.506. The van der Waals surface area contributed by atoms with Crippen molar-refractivity contribution in [1.29, 1.82) is 0 Å². The van der Waals surface area contributed by atoms with Gasteiger partial charge in [0.25, 0.3) is 0 Å². The highest BCUT2D eigenvalue weighted by Gasteiger charge is 2.13. The highest BCUT2D eigenvalue weighted by atomic mass is 32.1. The first-order chi connectivity index (χ1) is 10.2. The third kappa shape index (κ3) is 2.60. The first kappa shape index (κ1) is 14.3. The van der Waals surface area contributed by atoms with E-state index in [1.165, 1.54) is 30.2 Å². The molecule has 0 saturated carbocycles. The molecule has 0 amide bonds. The molecule has 1 aromatic carbocycles. The molecule has 1 atom stereocenters. The van der Waals surface area contributed by atoms with E-state index < -0.39 is 0 Å². The van der Waals surface area contributed by atoms with Crippen LogP contribution < -0.4 is 0 Å². The van der Waals surface area contributed by atoms with Gasteiger partial charge in [-0.05, 0) is 31.6 Å². The monoisotopic (exact) mass is 299 g/mol. The lowest BCUT2D eigenvalue weighted by molar-refractivity contribution is 0.483. The number of nitrogens with one attached hydrogen (secondary N) is 1. The Morgan fingerprint density at radius 1 is 1.29 bits per heavy atom. The number of rotatable bonds is 5. The van der Waals surface area contributed by atoms with Crippen molar-refractivity contribution in [2.45, 2.75) is 45.6 Å². The number of hydrogen-bond acceptors (Lipinski definition) is 2. The number of nitrogens with zero attached hydrogens (tertiary/aromatic N) is 2. The molecule has 0 spiro atoms. The number of pyridine rings is 1. The molecular formula is C17H21N3S. The Kier molecular flexibility index (Phi) is 4.06. The molecule has 3 nitrogen and oxygen atoms in total. The van der Waals surface area contributed by atoms with Crippen LogP contribution in [0.1, 0.15) is 45.6 Å². The zero-order valence-electron chi connectivity index (χ0n) is 12.6. The topological polar surface area (TPSA) is 33.6 Å². The van der Waals surface area contributed by atoms with Gasteiger partial charge in [0.2, 0.25) is 0 Å². The Morgan fingerprint density at radius 2 is 2.10 bits per heavy atom. The molecule has 0 radical (unpaired) electrons. The van der Waals surface area contributed by atoms with E-state index in [9.17, 15) is 0 Å². The Morgan fingerprint density at radius 3 is 2.90 bits per heavy atom. The molecule has 3 aromatic rings. The molecular weight excluding hydrogens is 278 g/mol. The number of H-pyrrole nitrogens is 1. The van der Waals surface area contributed by atoms with Crippen LogP contribution in [0.3, 0.4) is 0 Å². The molecule has 0 aliphatic carbocycles. The zero-order valence-corrected chi connectivity index (χ0v) is 13.4. The molecule has 110 valence electrons. The summed E-state index contributed by atoms with van der Waals surface area (Å²) in [5.74, 6) is 0. The minimum Gasteiger partial charge on any atom is -0.329 e. The first-order valence-electron chi connectivity index (χ1n) is 7.70. The lowest BCUT2D eigenvalue weighted by Crippen LogP contribution is -2.05. The summed E-state index contributed by atoms with van der Waals surface area (Å²) in [6.45, 7) is 4.50. The molecule has 1 N–H and O–H groups in total. The van der Waals surface area contributed by atoms with E-state index in [4.69, 9.17) is 12.2 Å². The number of fused-ring (bicyclic) bond motifs is 3. The lowest BCUT2D eigenvalue weighted by atomic mass is 10.1. The highest BCUT2D eigenvalue weighted by Crippen LogP contribution is 2.28. The Bertz CT molecular complexity index is 816. The van der Waals surface area contributed by atoms with Gasteiger partial charge in [0.15, 0.2) is 4.77 Å². The Balaban J connectivity index is 2.15. The maximum atomic E-state index is 5.55. The number of unbranched alkanes of at least 4 members (excludes halogenated alkanes) is 2. The molecule has 0 aliphatic heterocycles. The molecule has 2 heterocycles. The van der Waals surface area contributed by atoms with Crippen LogP contribution in [-0.2, 0) is 0 Å². The van der Waals surface area contributed by atoms with Crippen LogP contribution in [0.15, 0.2) is 30.5 Å². The molecule has 0 fully saturated rings. The Hall–Kier alpha value is -1.68. The van der Waals surface area contributed by atoms with Gasteiger partial charge in [-0.1, -0.05) is 44.4 Å². The predicted octanol–water partition coefficient (Wildman–Crippen LogP) is 5.39. The molecule has 0 aliphatic rings. The van der Waals surface area contributed by atoms with E-state index in [-0.39, 0.29) is 0 Å². The summed E-state index contributed by atoms with van der Waals surface area (Å²) in [5.41, 5.74) is 3.24. The summed E-state index contributed by atoms with van der Waals surface area (Å²) >= 11 is 5.55. The molecule has 4 heteroatoms. The zero-order chi connectivity index (χ0) is 14.8. The molecule has 0 bridgehead atoms. The van der Waals surface area contributed by atoms with Crippen LogP contribution in [0, 0.1) is 4.77 Å². The maximum Gasteiger partial charge on any atom is 0.178 e. The van der Waals surface area contributed by atoms with Crippen molar-refractivity contribution in [3.63, 3.8) is 0 Å². The minimum atomic E-state index is 0.406. The molecule has 2 aromatic heterocycles. The standard InChI is InChI=1S/C17H21N3S/c1-3-4-5-8-12(2)20-16-13-9-6-7-10-14(13)18-11-15(16)19-17(20)21/h6-7,9-12H,3-5,8H2,1-2H3,(H,19,21). The van der Waals surface area contributed by atoms with Crippen molar-refractivity contribution in [2.24, 2.45) is 0 Å². The lowest BCUT2D eigenvalue weighted by Gasteiger charge is -2.15. The van der Waals surface area contributed by atoms with Gasteiger partial charge in [-0.15, -0.1) is 0 Å². The SMILES string of the molecule is CCCCCC(C)n1c(=S)[nH]c2cnc3ccccc3c21.